The minimum atomic E-state index is -0.296. The first kappa shape index (κ1) is 15.5. The van der Waals surface area contributed by atoms with Gasteiger partial charge in [-0.1, -0.05) is 29.3 Å². The van der Waals surface area contributed by atoms with Gasteiger partial charge < -0.3 is 16.0 Å². The van der Waals surface area contributed by atoms with Gasteiger partial charge in [0, 0.05) is 25.5 Å². The molecule has 0 bridgehead atoms. The highest BCUT2D eigenvalue weighted by Gasteiger charge is 2.15. The van der Waals surface area contributed by atoms with Crippen LogP contribution in [0.3, 0.4) is 0 Å². The van der Waals surface area contributed by atoms with Crippen LogP contribution < -0.4 is 16.0 Å². The van der Waals surface area contributed by atoms with E-state index in [1.165, 1.54) is 0 Å². The second kappa shape index (κ2) is 6.24. The predicted molar refractivity (Wildman–Crippen MR) is 89.6 cm³/mol. The Morgan fingerprint density at radius 2 is 1.90 bits per heavy atom. The Labute approximate surface area is 133 Å². The van der Waals surface area contributed by atoms with E-state index in [9.17, 15) is 4.79 Å². The fourth-order valence-electron chi connectivity index (χ4n) is 1.92. The SMILES string of the molecule is CN(C)c1ccc(N)cc1C(=O)Nc1cccc(Cl)c1Cl. The summed E-state index contributed by atoms with van der Waals surface area (Å²) in [7, 11) is 3.71. The minimum absolute atomic E-state index is 0.296. The number of carbonyl (C=O) groups is 1. The molecular weight excluding hydrogens is 309 g/mol. The molecule has 2 rings (SSSR count). The van der Waals surface area contributed by atoms with Gasteiger partial charge in [-0.05, 0) is 30.3 Å². The smallest absolute Gasteiger partial charge is 0.257 e. The summed E-state index contributed by atoms with van der Waals surface area (Å²) >= 11 is 12.0. The van der Waals surface area contributed by atoms with Crippen molar-refractivity contribution in [3.05, 3.63) is 52.0 Å². The number of nitrogens with zero attached hydrogens (tertiary/aromatic N) is 1. The summed E-state index contributed by atoms with van der Waals surface area (Å²) in [5.74, 6) is -0.296. The Kier molecular flexibility index (Phi) is 4.60. The topological polar surface area (TPSA) is 58.4 Å². The lowest BCUT2D eigenvalue weighted by molar-refractivity contribution is 0.102. The Morgan fingerprint density at radius 1 is 1.19 bits per heavy atom. The van der Waals surface area contributed by atoms with E-state index in [-0.39, 0.29) is 5.91 Å². The molecule has 0 fully saturated rings. The van der Waals surface area contributed by atoms with Crippen molar-refractivity contribution in [1.29, 1.82) is 0 Å². The van der Waals surface area contributed by atoms with Crippen molar-refractivity contribution in [2.45, 2.75) is 0 Å². The van der Waals surface area contributed by atoms with Crippen molar-refractivity contribution in [3.63, 3.8) is 0 Å². The highest BCUT2D eigenvalue weighted by molar-refractivity contribution is 6.44. The van der Waals surface area contributed by atoms with E-state index in [0.29, 0.717) is 27.0 Å². The molecule has 110 valence electrons. The van der Waals surface area contributed by atoms with Gasteiger partial charge in [0.15, 0.2) is 0 Å². The van der Waals surface area contributed by atoms with Crippen LogP contribution in [0.1, 0.15) is 10.4 Å². The molecule has 3 N–H and O–H groups in total. The number of hydrogen-bond acceptors (Lipinski definition) is 3. The fourth-order valence-corrected chi connectivity index (χ4v) is 2.26. The van der Waals surface area contributed by atoms with E-state index < -0.39 is 0 Å². The molecule has 0 aromatic heterocycles. The van der Waals surface area contributed by atoms with Crippen LogP contribution in [0.2, 0.25) is 10.0 Å². The number of nitrogens with one attached hydrogen (secondary N) is 1. The number of hydrogen-bond donors (Lipinski definition) is 2. The molecule has 0 aliphatic rings. The van der Waals surface area contributed by atoms with Gasteiger partial charge in [0.1, 0.15) is 0 Å². The van der Waals surface area contributed by atoms with E-state index in [1.807, 2.05) is 19.0 Å². The third-order valence-corrected chi connectivity index (χ3v) is 3.77. The highest BCUT2D eigenvalue weighted by Crippen LogP contribution is 2.30. The van der Waals surface area contributed by atoms with Crippen molar-refractivity contribution < 1.29 is 4.79 Å². The maximum atomic E-state index is 12.5. The lowest BCUT2D eigenvalue weighted by Crippen LogP contribution is -2.19. The zero-order chi connectivity index (χ0) is 15.6. The Hall–Kier alpha value is -1.91. The molecule has 2 aromatic rings. The Morgan fingerprint density at radius 3 is 2.57 bits per heavy atom. The molecule has 0 spiro atoms. The van der Waals surface area contributed by atoms with Gasteiger partial charge in [-0.15, -0.1) is 0 Å². The number of carbonyl (C=O) groups excluding carboxylic acids is 1. The fraction of sp³-hybridized carbons (Fsp3) is 0.133. The van der Waals surface area contributed by atoms with Crippen LogP contribution in [0.25, 0.3) is 0 Å². The number of amides is 1. The van der Waals surface area contributed by atoms with Gasteiger partial charge in [-0.2, -0.15) is 0 Å². The molecule has 0 unspecified atom stereocenters. The maximum Gasteiger partial charge on any atom is 0.257 e. The van der Waals surface area contributed by atoms with Crippen molar-refractivity contribution in [3.8, 4) is 0 Å². The second-order valence-corrected chi connectivity index (χ2v) is 5.51. The number of halogens is 2. The summed E-state index contributed by atoms with van der Waals surface area (Å²) in [6.07, 6.45) is 0. The van der Waals surface area contributed by atoms with Crippen LogP contribution in [0.4, 0.5) is 17.1 Å². The monoisotopic (exact) mass is 323 g/mol. The van der Waals surface area contributed by atoms with E-state index in [0.717, 1.165) is 5.69 Å². The number of anilines is 3. The zero-order valence-corrected chi connectivity index (χ0v) is 13.2. The van der Waals surface area contributed by atoms with Crippen LogP contribution in [-0.2, 0) is 0 Å². The summed E-state index contributed by atoms with van der Waals surface area (Å²) in [5.41, 5.74) is 7.98. The van der Waals surface area contributed by atoms with Gasteiger partial charge in [-0.25, -0.2) is 0 Å². The molecule has 0 atom stereocenters. The van der Waals surface area contributed by atoms with Crippen LogP contribution in [-0.4, -0.2) is 20.0 Å². The lowest BCUT2D eigenvalue weighted by Gasteiger charge is -2.18. The zero-order valence-electron chi connectivity index (χ0n) is 11.7. The first-order valence-corrected chi connectivity index (χ1v) is 6.98. The van der Waals surface area contributed by atoms with Crippen molar-refractivity contribution in [1.82, 2.24) is 0 Å². The van der Waals surface area contributed by atoms with Crippen molar-refractivity contribution >= 4 is 46.2 Å². The minimum Gasteiger partial charge on any atom is -0.399 e. The quantitative estimate of drug-likeness (QED) is 0.842. The first-order valence-electron chi connectivity index (χ1n) is 6.22. The van der Waals surface area contributed by atoms with E-state index in [1.54, 1.807) is 36.4 Å². The molecule has 2 aromatic carbocycles. The summed E-state index contributed by atoms with van der Waals surface area (Å²) in [6.45, 7) is 0. The average molecular weight is 324 g/mol. The first-order chi connectivity index (χ1) is 9.90. The highest BCUT2D eigenvalue weighted by atomic mass is 35.5. The third kappa shape index (κ3) is 3.40. The summed E-state index contributed by atoms with van der Waals surface area (Å²) in [4.78, 5) is 14.3. The van der Waals surface area contributed by atoms with Crippen molar-refractivity contribution in [2.24, 2.45) is 0 Å². The number of rotatable bonds is 3. The molecule has 0 saturated heterocycles. The summed E-state index contributed by atoms with van der Waals surface area (Å²) in [6, 6.07) is 10.2. The molecule has 6 heteroatoms. The van der Waals surface area contributed by atoms with Crippen LogP contribution in [0.5, 0.6) is 0 Å². The van der Waals surface area contributed by atoms with Gasteiger partial charge in [0.05, 0.1) is 21.3 Å². The van der Waals surface area contributed by atoms with Crippen LogP contribution in [0.15, 0.2) is 36.4 Å². The van der Waals surface area contributed by atoms with Crippen LogP contribution >= 0.6 is 23.2 Å². The number of benzene rings is 2. The maximum absolute atomic E-state index is 12.5. The third-order valence-electron chi connectivity index (χ3n) is 2.95. The normalized spacial score (nSPS) is 10.3. The predicted octanol–water partition coefficient (Wildman–Crippen LogP) is 3.89. The van der Waals surface area contributed by atoms with Gasteiger partial charge >= 0.3 is 0 Å². The van der Waals surface area contributed by atoms with Crippen molar-refractivity contribution in [2.75, 3.05) is 30.0 Å². The van der Waals surface area contributed by atoms with E-state index in [4.69, 9.17) is 28.9 Å². The number of nitrogen functional groups attached to an aromatic ring is 1. The molecule has 0 saturated carbocycles. The molecular formula is C15H15Cl2N3O. The molecule has 0 radical (unpaired) electrons. The summed E-state index contributed by atoms with van der Waals surface area (Å²) < 4.78 is 0. The Balaban J connectivity index is 2.37. The van der Waals surface area contributed by atoms with E-state index >= 15 is 0 Å². The molecule has 0 heterocycles. The molecule has 1 amide bonds. The van der Waals surface area contributed by atoms with Gasteiger partial charge in [0.25, 0.3) is 5.91 Å². The molecule has 21 heavy (non-hydrogen) atoms. The standard InChI is InChI=1S/C15H15Cl2N3O/c1-20(2)13-7-6-9(18)8-10(13)15(21)19-12-5-3-4-11(16)14(12)17/h3-8H,18H2,1-2H3,(H,19,21). The molecule has 0 aliphatic carbocycles. The average Bonchev–Trinajstić information content (AvgIpc) is 2.43. The number of nitrogens with two attached hydrogens (primary N) is 1. The Bertz CT molecular complexity index is 687. The molecule has 0 aliphatic heterocycles. The van der Waals surface area contributed by atoms with Gasteiger partial charge in [-0.3, -0.25) is 4.79 Å². The van der Waals surface area contributed by atoms with Gasteiger partial charge in [0.2, 0.25) is 0 Å². The molecule has 4 nitrogen and oxygen atoms in total. The summed E-state index contributed by atoms with van der Waals surface area (Å²) in [5, 5.41) is 3.44. The second-order valence-electron chi connectivity index (χ2n) is 4.73. The largest absolute Gasteiger partial charge is 0.399 e. The van der Waals surface area contributed by atoms with E-state index in [2.05, 4.69) is 5.32 Å². The van der Waals surface area contributed by atoms with Crippen LogP contribution in [0, 0.1) is 0 Å². The lowest BCUT2D eigenvalue weighted by atomic mass is 10.1.